The molecule has 3 nitrogen and oxygen atoms in total. The molecule has 3 heteroatoms. The molecule has 0 aliphatic heterocycles. The number of aliphatic carboxylic acids is 1. The molecule has 0 saturated heterocycles. The monoisotopic (exact) mass is 183 g/mol. The van der Waals surface area contributed by atoms with Crippen LogP contribution < -0.4 is 5.73 Å². The zero-order chi connectivity index (χ0) is 9.42. The lowest BCUT2D eigenvalue weighted by molar-refractivity contribution is -0.141. The van der Waals surface area contributed by atoms with Gasteiger partial charge in [-0.1, -0.05) is 12.8 Å². The Morgan fingerprint density at radius 3 is 2.31 bits per heavy atom. The van der Waals surface area contributed by atoms with E-state index in [-0.39, 0.29) is 5.92 Å². The maximum Gasteiger partial charge on any atom is 0.320 e. The van der Waals surface area contributed by atoms with Crippen LogP contribution in [0.2, 0.25) is 0 Å². The van der Waals surface area contributed by atoms with Crippen LogP contribution in [0, 0.1) is 17.8 Å². The number of carboxylic acid groups (broad SMARTS) is 1. The first-order valence-corrected chi connectivity index (χ1v) is 5.17. The lowest BCUT2D eigenvalue weighted by Crippen LogP contribution is -2.46. The van der Waals surface area contributed by atoms with Gasteiger partial charge in [-0.05, 0) is 37.0 Å². The van der Waals surface area contributed by atoms with Crippen molar-refractivity contribution < 1.29 is 9.90 Å². The molecule has 3 aliphatic rings. The van der Waals surface area contributed by atoms with Gasteiger partial charge in [0.2, 0.25) is 0 Å². The molecule has 0 heterocycles. The highest BCUT2D eigenvalue weighted by molar-refractivity contribution is 5.73. The van der Waals surface area contributed by atoms with E-state index in [9.17, 15) is 4.79 Å². The number of fused-ring (bicyclic) bond motifs is 3. The van der Waals surface area contributed by atoms with Gasteiger partial charge < -0.3 is 10.8 Å². The van der Waals surface area contributed by atoms with Crippen molar-refractivity contribution in [1.82, 2.24) is 0 Å². The van der Waals surface area contributed by atoms with Gasteiger partial charge in [0.05, 0.1) is 0 Å². The van der Waals surface area contributed by atoms with Crippen LogP contribution in [-0.2, 0) is 4.79 Å². The Hall–Kier alpha value is -0.570. The van der Waals surface area contributed by atoms with Crippen LogP contribution in [0.4, 0.5) is 0 Å². The molecular weight excluding hydrogens is 166 g/mol. The molecule has 0 aromatic rings. The Bertz CT molecular complexity index is 209. The minimum atomic E-state index is -0.822. The number of hydrogen-bond acceptors (Lipinski definition) is 2. The number of rotatable bonds is 2. The van der Waals surface area contributed by atoms with Gasteiger partial charge in [0.25, 0.3) is 0 Å². The first-order valence-electron chi connectivity index (χ1n) is 5.17. The predicted molar refractivity (Wildman–Crippen MR) is 49.2 cm³/mol. The van der Waals surface area contributed by atoms with Crippen LogP contribution >= 0.6 is 0 Å². The van der Waals surface area contributed by atoms with Crippen LogP contribution in [-0.4, -0.2) is 17.1 Å². The number of hydrogen-bond donors (Lipinski definition) is 2. The quantitative estimate of drug-likeness (QED) is 0.676. The first-order chi connectivity index (χ1) is 6.18. The molecule has 0 aromatic carbocycles. The Balaban J connectivity index is 2.04. The number of nitrogens with two attached hydrogens (primary N) is 1. The van der Waals surface area contributed by atoms with Crippen LogP contribution in [0.1, 0.15) is 32.1 Å². The summed E-state index contributed by atoms with van der Waals surface area (Å²) >= 11 is 0. The summed E-state index contributed by atoms with van der Waals surface area (Å²) in [5.41, 5.74) is 5.68. The fraction of sp³-hybridized carbons (Fsp3) is 0.900. The Morgan fingerprint density at radius 1 is 1.31 bits per heavy atom. The molecule has 2 bridgehead atoms. The fourth-order valence-electron chi connectivity index (χ4n) is 3.05. The second kappa shape index (κ2) is 3.29. The predicted octanol–water partition coefficient (Wildman–Crippen LogP) is 1.22. The molecule has 3 saturated carbocycles. The summed E-state index contributed by atoms with van der Waals surface area (Å²) in [5.74, 6) is 0.791. The summed E-state index contributed by atoms with van der Waals surface area (Å²) in [6.45, 7) is 0. The number of carbonyl (C=O) groups is 1. The highest BCUT2D eigenvalue weighted by Gasteiger charge is 2.40. The summed E-state index contributed by atoms with van der Waals surface area (Å²) in [5, 5.41) is 8.84. The van der Waals surface area contributed by atoms with Gasteiger partial charge in [0.15, 0.2) is 0 Å². The van der Waals surface area contributed by atoms with Crippen molar-refractivity contribution in [3.8, 4) is 0 Å². The summed E-state index contributed by atoms with van der Waals surface area (Å²) < 4.78 is 0. The summed E-state index contributed by atoms with van der Waals surface area (Å²) in [6, 6.07) is -0.618. The topological polar surface area (TPSA) is 63.3 Å². The van der Waals surface area contributed by atoms with E-state index in [1.807, 2.05) is 0 Å². The molecular formula is C10H17NO2. The van der Waals surface area contributed by atoms with Gasteiger partial charge in [-0.3, -0.25) is 4.79 Å². The molecule has 0 aromatic heterocycles. The first kappa shape index (κ1) is 9.00. The van der Waals surface area contributed by atoms with E-state index in [0.717, 1.165) is 12.3 Å². The van der Waals surface area contributed by atoms with E-state index in [0.29, 0.717) is 5.92 Å². The molecule has 0 amide bonds. The zero-order valence-electron chi connectivity index (χ0n) is 7.78. The van der Waals surface area contributed by atoms with Crippen LogP contribution in [0.25, 0.3) is 0 Å². The maximum absolute atomic E-state index is 10.7. The molecule has 3 aliphatic carbocycles. The molecule has 74 valence electrons. The largest absolute Gasteiger partial charge is 0.480 e. The molecule has 0 radical (unpaired) electrons. The summed E-state index contributed by atoms with van der Waals surface area (Å²) in [4.78, 5) is 10.7. The van der Waals surface area contributed by atoms with Crippen molar-refractivity contribution in [1.29, 1.82) is 0 Å². The third-order valence-electron chi connectivity index (χ3n) is 3.85. The van der Waals surface area contributed by atoms with Crippen LogP contribution in [0.15, 0.2) is 0 Å². The van der Waals surface area contributed by atoms with E-state index in [2.05, 4.69) is 0 Å². The Labute approximate surface area is 78.3 Å². The summed E-state index contributed by atoms with van der Waals surface area (Å²) in [7, 11) is 0. The Kier molecular flexibility index (Phi) is 2.28. The highest BCUT2D eigenvalue weighted by atomic mass is 16.4. The molecule has 3 N–H and O–H groups in total. The third-order valence-corrected chi connectivity index (χ3v) is 3.85. The van der Waals surface area contributed by atoms with Crippen molar-refractivity contribution in [2.75, 3.05) is 0 Å². The zero-order valence-corrected chi connectivity index (χ0v) is 7.78. The lowest BCUT2D eigenvalue weighted by Gasteiger charge is -2.43. The van der Waals surface area contributed by atoms with E-state index in [1.165, 1.54) is 25.7 Å². The molecule has 3 rings (SSSR count). The summed E-state index contributed by atoms with van der Waals surface area (Å²) in [6.07, 6.45) is 6.06. The van der Waals surface area contributed by atoms with E-state index in [1.54, 1.807) is 0 Å². The van der Waals surface area contributed by atoms with Crippen molar-refractivity contribution in [3.05, 3.63) is 0 Å². The normalized spacial score (nSPS) is 40.2. The SMILES string of the molecule is NC(C(=O)O)C1CC2CCC1CC2. The minimum absolute atomic E-state index is 0.255. The van der Waals surface area contributed by atoms with Crippen LogP contribution in [0.3, 0.4) is 0 Å². The van der Waals surface area contributed by atoms with E-state index in [4.69, 9.17) is 10.8 Å². The average molecular weight is 183 g/mol. The van der Waals surface area contributed by atoms with Crippen molar-refractivity contribution >= 4 is 5.97 Å². The van der Waals surface area contributed by atoms with Crippen molar-refractivity contribution in [2.24, 2.45) is 23.5 Å². The molecule has 3 fully saturated rings. The third kappa shape index (κ3) is 1.57. The fourth-order valence-corrected chi connectivity index (χ4v) is 3.05. The van der Waals surface area contributed by atoms with Crippen molar-refractivity contribution in [3.63, 3.8) is 0 Å². The molecule has 2 atom stereocenters. The lowest BCUT2D eigenvalue weighted by atomic mass is 9.63. The second-order valence-electron chi connectivity index (χ2n) is 4.54. The smallest absolute Gasteiger partial charge is 0.320 e. The Morgan fingerprint density at radius 2 is 1.92 bits per heavy atom. The molecule has 0 spiro atoms. The molecule has 13 heavy (non-hydrogen) atoms. The standard InChI is InChI=1S/C10H17NO2/c11-9(10(12)13)8-5-6-1-3-7(8)4-2-6/h6-9H,1-5,11H2,(H,12,13). The van der Waals surface area contributed by atoms with Gasteiger partial charge in [-0.25, -0.2) is 0 Å². The van der Waals surface area contributed by atoms with Crippen molar-refractivity contribution in [2.45, 2.75) is 38.1 Å². The van der Waals surface area contributed by atoms with Gasteiger partial charge in [-0.15, -0.1) is 0 Å². The molecule has 2 unspecified atom stereocenters. The van der Waals surface area contributed by atoms with E-state index < -0.39 is 12.0 Å². The number of carboxylic acids is 1. The average Bonchev–Trinajstić information content (AvgIpc) is 2.18. The van der Waals surface area contributed by atoms with E-state index >= 15 is 0 Å². The maximum atomic E-state index is 10.7. The minimum Gasteiger partial charge on any atom is -0.480 e. The second-order valence-corrected chi connectivity index (χ2v) is 4.54. The van der Waals surface area contributed by atoms with Gasteiger partial charge in [0.1, 0.15) is 6.04 Å². The van der Waals surface area contributed by atoms with Crippen LogP contribution in [0.5, 0.6) is 0 Å². The van der Waals surface area contributed by atoms with Gasteiger partial charge in [0, 0.05) is 0 Å². The van der Waals surface area contributed by atoms with Gasteiger partial charge >= 0.3 is 5.97 Å². The van der Waals surface area contributed by atoms with Gasteiger partial charge in [-0.2, -0.15) is 0 Å². The highest BCUT2D eigenvalue weighted by Crippen LogP contribution is 2.45.